The lowest BCUT2D eigenvalue weighted by molar-refractivity contribution is 0.0946. The minimum Gasteiger partial charge on any atom is -0.381 e. The fraction of sp³-hybridized carbons (Fsp3) is 0.188. The molecular formula is C16H16N2O. The Hall–Kier alpha value is -2.29. The Morgan fingerprint density at radius 1 is 1.11 bits per heavy atom. The van der Waals surface area contributed by atoms with Crippen LogP contribution in [0.3, 0.4) is 0 Å². The van der Waals surface area contributed by atoms with Crippen LogP contribution in [0.1, 0.15) is 21.5 Å². The SMILES string of the molecule is O=C1NCCc2cc(NCc3ccccc3)ccc21. The maximum Gasteiger partial charge on any atom is 0.251 e. The summed E-state index contributed by atoms with van der Waals surface area (Å²) in [7, 11) is 0. The first kappa shape index (κ1) is 11.8. The van der Waals surface area contributed by atoms with Gasteiger partial charge in [-0.25, -0.2) is 0 Å². The van der Waals surface area contributed by atoms with Gasteiger partial charge in [-0.2, -0.15) is 0 Å². The van der Waals surface area contributed by atoms with E-state index in [4.69, 9.17) is 0 Å². The first-order valence-electron chi connectivity index (χ1n) is 6.52. The normalized spacial score (nSPS) is 13.6. The number of fused-ring (bicyclic) bond motifs is 1. The third-order valence-electron chi connectivity index (χ3n) is 3.37. The predicted molar refractivity (Wildman–Crippen MR) is 76.2 cm³/mol. The molecule has 0 saturated carbocycles. The molecule has 0 atom stereocenters. The molecule has 1 aliphatic heterocycles. The first-order chi connectivity index (χ1) is 9.33. The van der Waals surface area contributed by atoms with Gasteiger partial charge in [0.25, 0.3) is 5.91 Å². The number of carbonyl (C=O) groups is 1. The zero-order valence-corrected chi connectivity index (χ0v) is 10.6. The second-order valence-corrected chi connectivity index (χ2v) is 4.72. The van der Waals surface area contributed by atoms with Gasteiger partial charge in [-0.05, 0) is 35.7 Å². The molecule has 0 bridgehead atoms. The summed E-state index contributed by atoms with van der Waals surface area (Å²) >= 11 is 0. The lowest BCUT2D eigenvalue weighted by Crippen LogP contribution is -2.31. The maximum absolute atomic E-state index is 11.6. The van der Waals surface area contributed by atoms with E-state index in [0.717, 1.165) is 36.3 Å². The van der Waals surface area contributed by atoms with Crippen molar-refractivity contribution in [2.45, 2.75) is 13.0 Å². The molecule has 2 aromatic rings. The van der Waals surface area contributed by atoms with E-state index in [9.17, 15) is 4.79 Å². The van der Waals surface area contributed by atoms with Crippen LogP contribution in [0, 0.1) is 0 Å². The molecule has 0 aromatic heterocycles. The molecule has 3 nitrogen and oxygen atoms in total. The van der Waals surface area contributed by atoms with E-state index in [0.29, 0.717) is 0 Å². The van der Waals surface area contributed by atoms with Crippen LogP contribution < -0.4 is 10.6 Å². The van der Waals surface area contributed by atoms with E-state index < -0.39 is 0 Å². The van der Waals surface area contributed by atoms with E-state index in [2.05, 4.69) is 28.8 Å². The van der Waals surface area contributed by atoms with E-state index in [1.165, 1.54) is 5.56 Å². The average molecular weight is 252 g/mol. The van der Waals surface area contributed by atoms with Crippen LogP contribution in [0.2, 0.25) is 0 Å². The lowest BCUT2D eigenvalue weighted by atomic mass is 10.00. The topological polar surface area (TPSA) is 41.1 Å². The number of carbonyl (C=O) groups excluding carboxylic acids is 1. The third-order valence-corrected chi connectivity index (χ3v) is 3.37. The number of benzene rings is 2. The van der Waals surface area contributed by atoms with E-state index in [1.807, 2.05) is 30.3 Å². The molecule has 3 rings (SSSR count). The van der Waals surface area contributed by atoms with Gasteiger partial charge in [0.15, 0.2) is 0 Å². The summed E-state index contributed by atoms with van der Waals surface area (Å²) < 4.78 is 0. The molecule has 1 heterocycles. The standard InChI is InChI=1S/C16H16N2O/c19-16-15-7-6-14(10-13(15)8-9-17-16)18-11-12-4-2-1-3-5-12/h1-7,10,18H,8-9,11H2,(H,17,19). The Labute approximate surface area is 112 Å². The molecule has 0 unspecified atom stereocenters. The van der Waals surface area contributed by atoms with Gasteiger partial charge in [-0.1, -0.05) is 30.3 Å². The number of anilines is 1. The summed E-state index contributed by atoms with van der Waals surface area (Å²) in [6.45, 7) is 1.53. The summed E-state index contributed by atoms with van der Waals surface area (Å²) in [5.41, 5.74) is 4.24. The van der Waals surface area contributed by atoms with Crippen LogP contribution in [0.4, 0.5) is 5.69 Å². The number of rotatable bonds is 3. The molecule has 0 saturated heterocycles. The van der Waals surface area contributed by atoms with Gasteiger partial charge < -0.3 is 10.6 Å². The molecule has 0 spiro atoms. The van der Waals surface area contributed by atoms with Crippen molar-refractivity contribution < 1.29 is 4.79 Å². The van der Waals surface area contributed by atoms with Gasteiger partial charge in [0.2, 0.25) is 0 Å². The summed E-state index contributed by atoms with van der Waals surface area (Å²) in [6, 6.07) is 16.2. The highest BCUT2D eigenvalue weighted by Crippen LogP contribution is 2.19. The minimum absolute atomic E-state index is 0.0378. The second kappa shape index (κ2) is 5.14. The molecule has 0 radical (unpaired) electrons. The van der Waals surface area contributed by atoms with Gasteiger partial charge in [0, 0.05) is 24.3 Å². The molecule has 2 aromatic carbocycles. The Kier molecular flexibility index (Phi) is 3.19. The Morgan fingerprint density at radius 3 is 2.79 bits per heavy atom. The van der Waals surface area contributed by atoms with Crippen molar-refractivity contribution in [2.75, 3.05) is 11.9 Å². The maximum atomic E-state index is 11.6. The fourth-order valence-corrected chi connectivity index (χ4v) is 2.34. The molecule has 19 heavy (non-hydrogen) atoms. The van der Waals surface area contributed by atoms with Crippen LogP contribution in [-0.2, 0) is 13.0 Å². The largest absolute Gasteiger partial charge is 0.381 e. The van der Waals surface area contributed by atoms with Crippen LogP contribution >= 0.6 is 0 Å². The number of hydrogen-bond donors (Lipinski definition) is 2. The van der Waals surface area contributed by atoms with E-state index in [-0.39, 0.29) is 5.91 Å². The highest BCUT2D eigenvalue weighted by atomic mass is 16.1. The van der Waals surface area contributed by atoms with Crippen LogP contribution in [0.5, 0.6) is 0 Å². The highest BCUT2D eigenvalue weighted by Gasteiger charge is 2.16. The summed E-state index contributed by atoms with van der Waals surface area (Å²) in [4.78, 5) is 11.6. The number of nitrogens with one attached hydrogen (secondary N) is 2. The predicted octanol–water partition coefficient (Wildman–Crippen LogP) is 2.58. The third kappa shape index (κ3) is 2.60. The molecule has 1 aliphatic rings. The van der Waals surface area contributed by atoms with Gasteiger partial charge in [0.05, 0.1) is 0 Å². The number of amides is 1. The van der Waals surface area contributed by atoms with Crippen molar-refractivity contribution in [3.63, 3.8) is 0 Å². The van der Waals surface area contributed by atoms with E-state index in [1.54, 1.807) is 0 Å². The summed E-state index contributed by atoms with van der Waals surface area (Å²) in [5, 5.41) is 6.25. The van der Waals surface area contributed by atoms with Crippen molar-refractivity contribution in [1.82, 2.24) is 5.32 Å². The fourth-order valence-electron chi connectivity index (χ4n) is 2.34. The second-order valence-electron chi connectivity index (χ2n) is 4.72. The van der Waals surface area contributed by atoms with Crippen molar-refractivity contribution in [2.24, 2.45) is 0 Å². The molecule has 96 valence electrons. The average Bonchev–Trinajstić information content (AvgIpc) is 2.46. The van der Waals surface area contributed by atoms with Crippen molar-refractivity contribution in [3.8, 4) is 0 Å². The molecule has 1 amide bonds. The van der Waals surface area contributed by atoms with Crippen molar-refractivity contribution >= 4 is 11.6 Å². The van der Waals surface area contributed by atoms with Gasteiger partial charge in [-0.15, -0.1) is 0 Å². The highest BCUT2D eigenvalue weighted by molar-refractivity contribution is 5.97. The molecular weight excluding hydrogens is 236 g/mol. The first-order valence-corrected chi connectivity index (χ1v) is 6.52. The summed E-state index contributed by atoms with van der Waals surface area (Å²) in [5.74, 6) is 0.0378. The number of hydrogen-bond acceptors (Lipinski definition) is 2. The van der Waals surface area contributed by atoms with Crippen LogP contribution in [0.25, 0.3) is 0 Å². The quantitative estimate of drug-likeness (QED) is 0.881. The molecule has 0 fully saturated rings. The van der Waals surface area contributed by atoms with Gasteiger partial charge >= 0.3 is 0 Å². The van der Waals surface area contributed by atoms with Crippen molar-refractivity contribution in [1.29, 1.82) is 0 Å². The minimum atomic E-state index is 0.0378. The zero-order chi connectivity index (χ0) is 13.1. The van der Waals surface area contributed by atoms with Crippen LogP contribution in [-0.4, -0.2) is 12.5 Å². The lowest BCUT2D eigenvalue weighted by Gasteiger charge is -2.17. The molecule has 2 N–H and O–H groups in total. The van der Waals surface area contributed by atoms with Gasteiger partial charge in [0.1, 0.15) is 0 Å². The van der Waals surface area contributed by atoms with E-state index >= 15 is 0 Å². The summed E-state index contributed by atoms with van der Waals surface area (Å²) in [6.07, 6.45) is 0.905. The Morgan fingerprint density at radius 2 is 1.95 bits per heavy atom. The monoisotopic (exact) mass is 252 g/mol. The zero-order valence-electron chi connectivity index (χ0n) is 10.6. The smallest absolute Gasteiger partial charge is 0.251 e. The van der Waals surface area contributed by atoms with Crippen molar-refractivity contribution in [3.05, 3.63) is 65.2 Å². The van der Waals surface area contributed by atoms with Crippen LogP contribution in [0.15, 0.2) is 48.5 Å². The molecule has 3 heteroatoms. The van der Waals surface area contributed by atoms with Gasteiger partial charge in [-0.3, -0.25) is 4.79 Å². The molecule has 0 aliphatic carbocycles. The Balaban J connectivity index is 1.74. The Bertz CT molecular complexity index is 593.